The highest BCUT2D eigenvalue weighted by Gasteiger charge is 2.19. The minimum Gasteiger partial charge on any atom is -0.398 e. The Morgan fingerprint density at radius 2 is 2.25 bits per heavy atom. The van der Waals surface area contributed by atoms with Crippen LogP contribution in [0.15, 0.2) is 24.3 Å². The minimum absolute atomic E-state index is 0.186. The fourth-order valence-electron chi connectivity index (χ4n) is 2.57. The fourth-order valence-corrected chi connectivity index (χ4v) is 2.57. The molecule has 1 aliphatic heterocycles. The lowest BCUT2D eigenvalue weighted by Crippen LogP contribution is -2.31. The van der Waals surface area contributed by atoms with E-state index in [2.05, 4.69) is 0 Å². The van der Waals surface area contributed by atoms with E-state index in [9.17, 15) is 4.79 Å². The van der Waals surface area contributed by atoms with Gasteiger partial charge in [0.15, 0.2) is 0 Å². The molecule has 0 aromatic heterocycles. The second-order valence-corrected chi connectivity index (χ2v) is 5.28. The van der Waals surface area contributed by atoms with Crippen LogP contribution >= 0.6 is 0 Å². The lowest BCUT2D eigenvalue weighted by atomic mass is 10.1. The van der Waals surface area contributed by atoms with Crippen molar-refractivity contribution in [3.05, 3.63) is 29.8 Å². The van der Waals surface area contributed by atoms with E-state index in [1.54, 1.807) is 0 Å². The zero-order valence-corrected chi connectivity index (χ0v) is 12.2. The van der Waals surface area contributed by atoms with Crippen molar-refractivity contribution in [3.8, 4) is 0 Å². The molecule has 0 bridgehead atoms. The van der Waals surface area contributed by atoms with Crippen LogP contribution in [0.2, 0.25) is 0 Å². The number of amides is 1. The van der Waals surface area contributed by atoms with Crippen molar-refractivity contribution in [3.63, 3.8) is 0 Å². The molecule has 20 heavy (non-hydrogen) atoms. The van der Waals surface area contributed by atoms with Gasteiger partial charge in [0.2, 0.25) is 5.91 Å². The smallest absolute Gasteiger partial charge is 0.222 e. The van der Waals surface area contributed by atoms with Crippen LogP contribution in [0, 0.1) is 0 Å². The topological polar surface area (TPSA) is 55.6 Å². The lowest BCUT2D eigenvalue weighted by Gasteiger charge is -2.22. The van der Waals surface area contributed by atoms with Crippen LogP contribution in [0.4, 0.5) is 5.69 Å². The average molecular weight is 276 g/mol. The summed E-state index contributed by atoms with van der Waals surface area (Å²) in [5.41, 5.74) is 7.70. The number of carbonyl (C=O) groups is 1. The lowest BCUT2D eigenvalue weighted by molar-refractivity contribution is -0.132. The molecule has 4 heteroatoms. The number of benzene rings is 1. The third-order valence-electron chi connectivity index (χ3n) is 3.85. The molecule has 0 spiro atoms. The van der Waals surface area contributed by atoms with Crippen molar-refractivity contribution in [2.75, 3.05) is 18.9 Å². The normalized spacial score (nSPS) is 18.1. The molecule has 0 radical (unpaired) electrons. The van der Waals surface area contributed by atoms with Crippen LogP contribution < -0.4 is 5.73 Å². The minimum atomic E-state index is 0.186. The molecule has 1 atom stereocenters. The van der Waals surface area contributed by atoms with Crippen molar-refractivity contribution < 1.29 is 9.53 Å². The summed E-state index contributed by atoms with van der Waals surface area (Å²) in [6, 6.07) is 7.72. The molecular weight excluding hydrogens is 252 g/mol. The Morgan fingerprint density at radius 1 is 1.45 bits per heavy atom. The first-order valence-corrected chi connectivity index (χ1v) is 7.43. The molecule has 2 rings (SSSR count). The maximum Gasteiger partial charge on any atom is 0.222 e. The third-order valence-corrected chi connectivity index (χ3v) is 3.85. The van der Waals surface area contributed by atoms with Crippen LogP contribution in [0.5, 0.6) is 0 Å². The number of hydrogen-bond donors (Lipinski definition) is 1. The van der Waals surface area contributed by atoms with Gasteiger partial charge in [-0.15, -0.1) is 0 Å². The summed E-state index contributed by atoms with van der Waals surface area (Å²) in [5.74, 6) is 0.186. The van der Waals surface area contributed by atoms with Crippen LogP contribution in [0.3, 0.4) is 0 Å². The number of para-hydroxylation sites is 1. The molecule has 0 aliphatic carbocycles. The van der Waals surface area contributed by atoms with E-state index in [0.29, 0.717) is 19.5 Å². The summed E-state index contributed by atoms with van der Waals surface area (Å²) in [5, 5.41) is 0. The standard InChI is InChI=1S/C16H24N2O2/c1-2-18(12-13-6-3-4-8-15(13)17)16(19)10-9-14-7-5-11-20-14/h3-4,6,8,14H,2,5,7,9-12,17H2,1H3. The third kappa shape index (κ3) is 3.97. The highest BCUT2D eigenvalue weighted by atomic mass is 16.5. The summed E-state index contributed by atoms with van der Waals surface area (Å²) in [6.07, 6.45) is 3.88. The molecular formula is C16H24N2O2. The van der Waals surface area contributed by atoms with E-state index in [1.165, 1.54) is 0 Å². The highest BCUT2D eigenvalue weighted by Crippen LogP contribution is 2.19. The molecule has 110 valence electrons. The van der Waals surface area contributed by atoms with Crippen LogP contribution in [-0.4, -0.2) is 30.1 Å². The molecule has 4 nitrogen and oxygen atoms in total. The van der Waals surface area contributed by atoms with Gasteiger partial charge in [-0.05, 0) is 37.8 Å². The van der Waals surface area contributed by atoms with Gasteiger partial charge in [0.1, 0.15) is 0 Å². The fraction of sp³-hybridized carbons (Fsp3) is 0.562. The molecule has 1 aromatic rings. The number of carbonyl (C=O) groups excluding carboxylic acids is 1. The largest absolute Gasteiger partial charge is 0.398 e. The van der Waals surface area contributed by atoms with Crippen molar-refractivity contribution in [2.45, 2.75) is 45.3 Å². The van der Waals surface area contributed by atoms with Gasteiger partial charge in [0.25, 0.3) is 0 Å². The molecule has 2 N–H and O–H groups in total. The van der Waals surface area contributed by atoms with Crippen molar-refractivity contribution >= 4 is 11.6 Å². The van der Waals surface area contributed by atoms with E-state index in [1.807, 2.05) is 36.1 Å². The van der Waals surface area contributed by atoms with Crippen molar-refractivity contribution in [1.29, 1.82) is 0 Å². The van der Waals surface area contributed by atoms with Crippen LogP contribution in [0.25, 0.3) is 0 Å². The Kier molecular flexibility index (Phi) is 5.41. The SMILES string of the molecule is CCN(Cc1ccccc1N)C(=O)CCC1CCCO1. The number of hydrogen-bond acceptors (Lipinski definition) is 3. The Balaban J connectivity index is 1.87. The average Bonchev–Trinajstić information content (AvgIpc) is 2.97. The Hall–Kier alpha value is -1.55. The van der Waals surface area contributed by atoms with E-state index in [4.69, 9.17) is 10.5 Å². The monoisotopic (exact) mass is 276 g/mol. The first kappa shape index (κ1) is 14.9. The van der Waals surface area contributed by atoms with Gasteiger partial charge in [0, 0.05) is 31.8 Å². The number of ether oxygens (including phenoxy) is 1. The van der Waals surface area contributed by atoms with Gasteiger partial charge in [0.05, 0.1) is 6.10 Å². The Morgan fingerprint density at radius 3 is 2.90 bits per heavy atom. The van der Waals surface area contributed by atoms with E-state index < -0.39 is 0 Å². The molecule has 1 saturated heterocycles. The van der Waals surface area contributed by atoms with Gasteiger partial charge in [-0.1, -0.05) is 18.2 Å². The zero-order valence-electron chi connectivity index (χ0n) is 12.2. The number of rotatable bonds is 6. The summed E-state index contributed by atoms with van der Waals surface area (Å²) in [4.78, 5) is 14.1. The van der Waals surface area contributed by atoms with Gasteiger partial charge in [-0.25, -0.2) is 0 Å². The maximum atomic E-state index is 12.3. The molecule has 0 saturated carbocycles. The predicted molar refractivity (Wildman–Crippen MR) is 80.2 cm³/mol. The first-order valence-electron chi connectivity index (χ1n) is 7.43. The van der Waals surface area contributed by atoms with Gasteiger partial charge >= 0.3 is 0 Å². The summed E-state index contributed by atoms with van der Waals surface area (Å²) < 4.78 is 5.56. The van der Waals surface area contributed by atoms with Crippen LogP contribution in [0.1, 0.15) is 38.2 Å². The molecule has 1 amide bonds. The number of nitrogens with two attached hydrogens (primary N) is 1. The van der Waals surface area contributed by atoms with E-state index >= 15 is 0 Å². The Labute approximate surface area is 120 Å². The van der Waals surface area contributed by atoms with E-state index in [-0.39, 0.29) is 12.0 Å². The predicted octanol–water partition coefficient (Wildman–Crippen LogP) is 2.58. The molecule has 1 fully saturated rings. The Bertz CT molecular complexity index is 442. The van der Waals surface area contributed by atoms with Gasteiger partial charge in [-0.2, -0.15) is 0 Å². The molecule has 1 aromatic carbocycles. The molecule has 1 unspecified atom stereocenters. The number of nitrogen functional groups attached to an aromatic ring is 1. The van der Waals surface area contributed by atoms with Crippen LogP contribution in [-0.2, 0) is 16.1 Å². The molecule has 1 aliphatic rings. The van der Waals surface area contributed by atoms with E-state index in [0.717, 1.165) is 37.1 Å². The second kappa shape index (κ2) is 7.29. The van der Waals surface area contributed by atoms with Gasteiger partial charge < -0.3 is 15.4 Å². The number of nitrogens with zero attached hydrogens (tertiary/aromatic N) is 1. The first-order chi connectivity index (χ1) is 9.70. The maximum absolute atomic E-state index is 12.3. The summed E-state index contributed by atoms with van der Waals surface area (Å²) >= 11 is 0. The van der Waals surface area contributed by atoms with Crippen molar-refractivity contribution in [2.24, 2.45) is 0 Å². The summed E-state index contributed by atoms with van der Waals surface area (Å²) in [7, 11) is 0. The molecule has 1 heterocycles. The quantitative estimate of drug-likeness (QED) is 0.812. The highest BCUT2D eigenvalue weighted by molar-refractivity contribution is 5.76. The number of anilines is 1. The van der Waals surface area contributed by atoms with Crippen molar-refractivity contribution in [1.82, 2.24) is 4.90 Å². The van der Waals surface area contributed by atoms with Gasteiger partial charge in [-0.3, -0.25) is 4.79 Å². The summed E-state index contributed by atoms with van der Waals surface area (Å²) in [6.45, 7) is 4.15. The zero-order chi connectivity index (χ0) is 14.4. The second-order valence-electron chi connectivity index (χ2n) is 5.28.